The average Bonchev–Trinajstić information content (AvgIpc) is 2.37. The van der Waals surface area contributed by atoms with E-state index in [9.17, 15) is 4.79 Å². The number of nitrogens with one attached hydrogen (secondary N) is 1. The molecule has 0 atom stereocenters. The van der Waals surface area contributed by atoms with Crippen LogP contribution in [0.15, 0.2) is 10.5 Å². The third kappa shape index (κ3) is 2.77. The topological polar surface area (TPSA) is 47.6 Å². The van der Waals surface area contributed by atoms with Gasteiger partial charge in [-0.15, -0.1) is 0 Å². The highest BCUT2D eigenvalue weighted by molar-refractivity contribution is 9.10. The van der Waals surface area contributed by atoms with Crippen LogP contribution in [0.1, 0.15) is 35.7 Å². The Kier molecular flexibility index (Phi) is 4.47. The quantitative estimate of drug-likeness (QED) is 0.864. The van der Waals surface area contributed by atoms with Crippen LogP contribution in [-0.2, 0) is 0 Å². The molecule has 1 aromatic carbocycles. The monoisotopic (exact) mass is 327 g/mol. The van der Waals surface area contributed by atoms with Gasteiger partial charge in [-0.05, 0) is 35.0 Å². The molecular weight excluding hydrogens is 310 g/mol. The third-order valence-electron chi connectivity index (χ3n) is 3.02. The fourth-order valence-corrected chi connectivity index (χ4v) is 2.90. The number of Topliss-reactive ketones (excluding diaryl/α,β-unsaturated/α-hetero) is 1. The minimum absolute atomic E-state index is 0.0510. The highest BCUT2D eigenvalue weighted by atomic mass is 79.9. The Morgan fingerprint density at radius 3 is 2.74 bits per heavy atom. The van der Waals surface area contributed by atoms with Crippen molar-refractivity contribution in [2.45, 2.75) is 19.8 Å². The van der Waals surface area contributed by atoms with Crippen LogP contribution in [-0.4, -0.2) is 32.6 Å². The van der Waals surface area contributed by atoms with Crippen molar-refractivity contribution in [1.82, 2.24) is 5.32 Å². The van der Waals surface area contributed by atoms with Gasteiger partial charge >= 0.3 is 0 Å². The van der Waals surface area contributed by atoms with E-state index in [1.807, 2.05) is 6.07 Å². The van der Waals surface area contributed by atoms with Gasteiger partial charge in [0.05, 0.1) is 6.54 Å². The maximum atomic E-state index is 12.3. The van der Waals surface area contributed by atoms with Gasteiger partial charge in [-0.1, -0.05) is 13.8 Å². The second-order valence-corrected chi connectivity index (χ2v) is 5.63. The van der Waals surface area contributed by atoms with Gasteiger partial charge in [0, 0.05) is 15.6 Å². The Labute approximate surface area is 121 Å². The summed E-state index contributed by atoms with van der Waals surface area (Å²) in [7, 11) is 1.76. The van der Waals surface area contributed by atoms with Crippen molar-refractivity contribution < 1.29 is 14.3 Å². The first kappa shape index (κ1) is 14.3. The first-order valence-electron chi connectivity index (χ1n) is 6.36. The zero-order valence-corrected chi connectivity index (χ0v) is 13.0. The highest BCUT2D eigenvalue weighted by Crippen LogP contribution is 2.43. The number of likely N-dealkylation sites (N-methyl/N-ethyl adjacent to an activating group) is 1. The van der Waals surface area contributed by atoms with E-state index in [0.29, 0.717) is 36.8 Å². The predicted molar refractivity (Wildman–Crippen MR) is 77.5 cm³/mol. The van der Waals surface area contributed by atoms with E-state index < -0.39 is 0 Å². The van der Waals surface area contributed by atoms with Crippen LogP contribution in [0.3, 0.4) is 0 Å². The molecule has 0 saturated carbocycles. The Hall–Kier alpha value is -1.07. The summed E-state index contributed by atoms with van der Waals surface area (Å²) in [6.45, 7) is 5.47. The number of carbonyl (C=O) groups excluding carboxylic acids is 1. The fraction of sp³-hybridized carbons (Fsp3) is 0.500. The van der Waals surface area contributed by atoms with Crippen LogP contribution in [0.25, 0.3) is 0 Å². The van der Waals surface area contributed by atoms with E-state index in [-0.39, 0.29) is 11.7 Å². The number of carbonyl (C=O) groups is 1. The summed E-state index contributed by atoms with van der Waals surface area (Å²) in [6, 6.07) is 1.82. The number of ketones is 1. The Morgan fingerprint density at radius 1 is 1.42 bits per heavy atom. The minimum atomic E-state index is 0.0510. The Bertz CT molecular complexity index is 500. The molecular formula is C14H18BrNO3. The summed E-state index contributed by atoms with van der Waals surface area (Å²) in [5, 5.41) is 2.90. The SMILES string of the molecule is CNCC(=O)c1c(Br)cc2c(c1C(C)C)OCCO2. The summed E-state index contributed by atoms with van der Waals surface area (Å²) in [5.74, 6) is 1.66. The second-order valence-electron chi connectivity index (χ2n) is 4.78. The molecule has 0 bridgehead atoms. The molecule has 1 aromatic rings. The number of hydrogen-bond donors (Lipinski definition) is 1. The number of rotatable bonds is 4. The average molecular weight is 328 g/mol. The molecule has 1 aliphatic rings. The molecule has 0 fully saturated rings. The van der Waals surface area contributed by atoms with E-state index in [1.54, 1.807) is 7.05 Å². The Balaban J connectivity index is 2.61. The van der Waals surface area contributed by atoms with Gasteiger partial charge in [-0.25, -0.2) is 0 Å². The molecule has 0 aromatic heterocycles. The maximum Gasteiger partial charge on any atom is 0.178 e. The first-order valence-corrected chi connectivity index (χ1v) is 7.15. The van der Waals surface area contributed by atoms with Gasteiger partial charge in [-0.3, -0.25) is 4.79 Å². The van der Waals surface area contributed by atoms with Crippen LogP contribution in [0.2, 0.25) is 0 Å². The molecule has 2 rings (SSSR count). The van der Waals surface area contributed by atoms with Gasteiger partial charge in [0.25, 0.3) is 0 Å². The van der Waals surface area contributed by atoms with Gasteiger partial charge < -0.3 is 14.8 Å². The minimum Gasteiger partial charge on any atom is -0.486 e. The summed E-state index contributed by atoms with van der Waals surface area (Å²) < 4.78 is 12.1. The van der Waals surface area contributed by atoms with Crippen molar-refractivity contribution in [2.75, 3.05) is 26.8 Å². The van der Waals surface area contributed by atoms with E-state index in [2.05, 4.69) is 35.1 Å². The second kappa shape index (κ2) is 5.92. The number of hydrogen-bond acceptors (Lipinski definition) is 4. The van der Waals surface area contributed by atoms with Crippen LogP contribution >= 0.6 is 15.9 Å². The van der Waals surface area contributed by atoms with E-state index in [0.717, 1.165) is 10.0 Å². The maximum absolute atomic E-state index is 12.3. The van der Waals surface area contributed by atoms with Crippen LogP contribution in [0.5, 0.6) is 11.5 Å². The van der Waals surface area contributed by atoms with Crippen molar-refractivity contribution in [3.63, 3.8) is 0 Å². The number of ether oxygens (including phenoxy) is 2. The molecule has 1 N–H and O–H groups in total. The van der Waals surface area contributed by atoms with E-state index in [1.165, 1.54) is 0 Å². The van der Waals surface area contributed by atoms with Crippen LogP contribution in [0.4, 0.5) is 0 Å². The molecule has 0 saturated heterocycles. The first-order chi connectivity index (χ1) is 9.06. The summed E-state index contributed by atoms with van der Waals surface area (Å²) in [6.07, 6.45) is 0. The molecule has 0 radical (unpaired) electrons. The lowest BCUT2D eigenvalue weighted by Crippen LogP contribution is -2.23. The molecule has 4 nitrogen and oxygen atoms in total. The summed E-state index contributed by atoms with van der Waals surface area (Å²) >= 11 is 3.48. The van der Waals surface area contributed by atoms with Gasteiger partial charge in [-0.2, -0.15) is 0 Å². The number of halogens is 1. The molecule has 0 amide bonds. The molecule has 0 aliphatic carbocycles. The van der Waals surface area contributed by atoms with Crippen molar-refractivity contribution in [2.24, 2.45) is 0 Å². The standard InChI is InChI=1S/C14H18BrNO3/c1-8(2)12-13(10(17)7-16-3)9(15)6-11-14(12)19-5-4-18-11/h6,8,16H,4-5,7H2,1-3H3. The van der Waals surface area contributed by atoms with Gasteiger partial charge in [0.15, 0.2) is 17.3 Å². The lowest BCUT2D eigenvalue weighted by molar-refractivity contribution is 0.0990. The zero-order chi connectivity index (χ0) is 14.0. The smallest absolute Gasteiger partial charge is 0.178 e. The lowest BCUT2D eigenvalue weighted by atomic mass is 9.93. The Morgan fingerprint density at radius 2 is 2.11 bits per heavy atom. The molecule has 104 valence electrons. The van der Waals surface area contributed by atoms with Crippen molar-refractivity contribution >= 4 is 21.7 Å². The molecule has 1 heterocycles. The van der Waals surface area contributed by atoms with E-state index in [4.69, 9.17) is 9.47 Å². The normalized spacial score (nSPS) is 13.7. The molecule has 1 aliphatic heterocycles. The van der Waals surface area contributed by atoms with Crippen LogP contribution in [0, 0.1) is 0 Å². The number of fused-ring (bicyclic) bond motifs is 1. The van der Waals surface area contributed by atoms with Crippen molar-refractivity contribution in [1.29, 1.82) is 0 Å². The zero-order valence-electron chi connectivity index (χ0n) is 11.4. The van der Waals surface area contributed by atoms with Crippen molar-refractivity contribution in [3.8, 4) is 11.5 Å². The largest absolute Gasteiger partial charge is 0.486 e. The fourth-order valence-electron chi connectivity index (χ4n) is 2.26. The third-order valence-corrected chi connectivity index (χ3v) is 3.64. The lowest BCUT2D eigenvalue weighted by Gasteiger charge is -2.25. The van der Waals surface area contributed by atoms with Gasteiger partial charge in [0.1, 0.15) is 13.2 Å². The predicted octanol–water partition coefficient (Wildman–Crippen LogP) is 2.75. The molecule has 5 heteroatoms. The molecule has 0 unspecified atom stereocenters. The van der Waals surface area contributed by atoms with Crippen molar-refractivity contribution in [3.05, 3.63) is 21.7 Å². The highest BCUT2D eigenvalue weighted by Gasteiger charge is 2.26. The van der Waals surface area contributed by atoms with Gasteiger partial charge in [0.2, 0.25) is 0 Å². The molecule has 0 spiro atoms. The van der Waals surface area contributed by atoms with Crippen LogP contribution < -0.4 is 14.8 Å². The summed E-state index contributed by atoms with van der Waals surface area (Å²) in [4.78, 5) is 12.3. The molecule has 19 heavy (non-hydrogen) atoms. The summed E-state index contributed by atoms with van der Waals surface area (Å²) in [5.41, 5.74) is 1.61. The number of benzene rings is 1. The van der Waals surface area contributed by atoms with E-state index >= 15 is 0 Å².